The summed E-state index contributed by atoms with van der Waals surface area (Å²) in [5.74, 6) is -0.178. The molecule has 0 saturated carbocycles. The fourth-order valence-electron chi connectivity index (χ4n) is 3.73. The van der Waals surface area contributed by atoms with Crippen molar-refractivity contribution in [3.63, 3.8) is 0 Å². The summed E-state index contributed by atoms with van der Waals surface area (Å²) in [7, 11) is 0. The molecule has 8 nitrogen and oxygen atoms in total. The van der Waals surface area contributed by atoms with Crippen molar-refractivity contribution in [3.8, 4) is 11.4 Å². The van der Waals surface area contributed by atoms with E-state index in [9.17, 15) is 4.79 Å². The van der Waals surface area contributed by atoms with E-state index in [1.54, 1.807) is 0 Å². The Labute approximate surface area is 174 Å². The zero-order valence-electron chi connectivity index (χ0n) is 17.5. The molecule has 0 amide bonds. The fourth-order valence-corrected chi connectivity index (χ4v) is 3.73. The van der Waals surface area contributed by atoms with Crippen molar-refractivity contribution < 1.29 is 9.90 Å². The van der Waals surface area contributed by atoms with Crippen LogP contribution < -0.4 is 0 Å². The number of nitrogens with one attached hydrogen (secondary N) is 1. The number of aryl methyl sites for hydroxylation is 2. The molecule has 0 aliphatic carbocycles. The van der Waals surface area contributed by atoms with Crippen molar-refractivity contribution in [2.45, 2.75) is 46.6 Å². The molecular weight excluding hydrogens is 380 g/mol. The highest BCUT2D eigenvalue weighted by atomic mass is 16.4. The Balaban J connectivity index is 1.64. The Morgan fingerprint density at radius 2 is 1.93 bits per heavy atom. The molecular formula is C22H24N6O2. The van der Waals surface area contributed by atoms with Crippen molar-refractivity contribution in [2.75, 3.05) is 0 Å². The first-order valence-corrected chi connectivity index (χ1v) is 9.89. The molecule has 0 spiro atoms. The van der Waals surface area contributed by atoms with Crippen LogP contribution >= 0.6 is 0 Å². The molecule has 0 aliphatic heterocycles. The molecule has 0 radical (unpaired) electrons. The standard InChI is InChI=1S/C22H24N6O2/c1-12(2)18-10-23-19-6-5-16(24-21(18)19)9-17-13(3)7-15(8-14(17)4)22-25-27-28(26-22)11-20(29)30/h5-8,10,12,23H,9,11H2,1-4H3,(H,29,30). The highest BCUT2D eigenvalue weighted by Crippen LogP contribution is 2.27. The molecule has 0 unspecified atom stereocenters. The lowest BCUT2D eigenvalue weighted by atomic mass is 9.95. The van der Waals surface area contributed by atoms with Gasteiger partial charge < -0.3 is 10.1 Å². The number of tetrazole rings is 1. The Kier molecular flexibility index (Phi) is 5.07. The zero-order valence-corrected chi connectivity index (χ0v) is 17.5. The summed E-state index contributed by atoms with van der Waals surface area (Å²) in [5, 5.41) is 20.8. The molecule has 3 heterocycles. The number of hydrogen-bond donors (Lipinski definition) is 2. The topological polar surface area (TPSA) is 110 Å². The number of fused-ring (bicyclic) bond motifs is 1. The number of nitrogens with zero attached hydrogens (tertiary/aromatic N) is 5. The average molecular weight is 404 g/mol. The maximum absolute atomic E-state index is 10.8. The monoisotopic (exact) mass is 404 g/mol. The van der Waals surface area contributed by atoms with Gasteiger partial charge in [0.25, 0.3) is 0 Å². The third-order valence-electron chi connectivity index (χ3n) is 5.27. The predicted octanol–water partition coefficient (Wildman–Crippen LogP) is 3.63. The first-order chi connectivity index (χ1) is 14.3. The minimum atomic E-state index is -1.01. The molecule has 2 N–H and O–H groups in total. The number of carboxylic acids is 1. The Hall–Kier alpha value is -3.55. The number of benzene rings is 1. The molecule has 30 heavy (non-hydrogen) atoms. The van der Waals surface area contributed by atoms with E-state index in [2.05, 4.69) is 60.2 Å². The second kappa shape index (κ2) is 7.70. The van der Waals surface area contributed by atoms with Gasteiger partial charge in [-0.25, -0.2) is 0 Å². The number of pyridine rings is 1. The highest BCUT2D eigenvalue weighted by molar-refractivity contribution is 5.79. The van der Waals surface area contributed by atoms with Crippen LogP contribution in [0, 0.1) is 13.8 Å². The van der Waals surface area contributed by atoms with Gasteiger partial charge in [-0.2, -0.15) is 4.80 Å². The van der Waals surface area contributed by atoms with Gasteiger partial charge >= 0.3 is 5.97 Å². The first-order valence-electron chi connectivity index (χ1n) is 9.89. The van der Waals surface area contributed by atoms with Crippen LogP contribution in [0.1, 0.15) is 47.7 Å². The fraction of sp³-hybridized carbons (Fsp3) is 0.318. The van der Waals surface area contributed by atoms with Crippen molar-refractivity contribution in [1.29, 1.82) is 0 Å². The van der Waals surface area contributed by atoms with Gasteiger partial charge in [0, 0.05) is 23.9 Å². The van der Waals surface area contributed by atoms with Gasteiger partial charge in [0.15, 0.2) is 6.54 Å². The highest BCUT2D eigenvalue weighted by Gasteiger charge is 2.14. The van der Waals surface area contributed by atoms with Crippen LogP contribution in [0.2, 0.25) is 0 Å². The van der Waals surface area contributed by atoms with Gasteiger partial charge in [-0.1, -0.05) is 13.8 Å². The van der Waals surface area contributed by atoms with Gasteiger partial charge in [-0.05, 0) is 71.5 Å². The summed E-state index contributed by atoms with van der Waals surface area (Å²) in [5.41, 5.74) is 8.60. The summed E-state index contributed by atoms with van der Waals surface area (Å²) < 4.78 is 0. The minimum absolute atomic E-state index is 0.311. The molecule has 0 bridgehead atoms. The largest absolute Gasteiger partial charge is 0.480 e. The van der Waals surface area contributed by atoms with Crippen molar-refractivity contribution in [3.05, 3.63) is 58.4 Å². The molecule has 4 aromatic rings. The van der Waals surface area contributed by atoms with E-state index in [1.807, 2.05) is 18.3 Å². The van der Waals surface area contributed by atoms with Crippen LogP contribution in [-0.2, 0) is 17.8 Å². The number of H-pyrrole nitrogens is 1. The zero-order chi connectivity index (χ0) is 21.4. The maximum atomic E-state index is 10.8. The van der Waals surface area contributed by atoms with Gasteiger partial charge in [-0.15, -0.1) is 10.2 Å². The molecule has 8 heteroatoms. The summed E-state index contributed by atoms with van der Waals surface area (Å²) in [6.07, 6.45) is 2.78. The van der Waals surface area contributed by atoms with Crippen molar-refractivity contribution in [2.24, 2.45) is 0 Å². The molecule has 154 valence electrons. The number of rotatable bonds is 6. The van der Waals surface area contributed by atoms with Gasteiger partial charge in [0.05, 0.1) is 11.0 Å². The van der Waals surface area contributed by atoms with Gasteiger partial charge in [-0.3, -0.25) is 9.78 Å². The number of carboxylic acid groups (broad SMARTS) is 1. The van der Waals surface area contributed by atoms with Crippen molar-refractivity contribution >= 4 is 17.0 Å². The summed E-state index contributed by atoms with van der Waals surface area (Å²) in [6.45, 7) is 8.15. The van der Waals surface area contributed by atoms with Crippen LogP contribution in [0.15, 0.2) is 30.5 Å². The molecule has 0 fully saturated rings. The van der Waals surface area contributed by atoms with Crippen LogP contribution in [-0.4, -0.2) is 41.3 Å². The first kappa shape index (κ1) is 19.8. The molecule has 3 aromatic heterocycles. The average Bonchev–Trinajstić information content (AvgIpc) is 3.30. The van der Waals surface area contributed by atoms with Crippen LogP contribution in [0.5, 0.6) is 0 Å². The number of aromatic amines is 1. The number of aliphatic carboxylic acids is 1. The lowest BCUT2D eigenvalue weighted by molar-refractivity contribution is -0.138. The Bertz CT molecular complexity index is 1210. The second-order valence-electron chi connectivity index (χ2n) is 7.90. The van der Waals surface area contributed by atoms with Gasteiger partial charge in [0.2, 0.25) is 5.82 Å². The van der Waals surface area contributed by atoms with E-state index >= 15 is 0 Å². The lowest BCUT2D eigenvalue weighted by Gasteiger charge is -2.12. The third kappa shape index (κ3) is 3.80. The van der Waals surface area contributed by atoms with Gasteiger partial charge in [0.1, 0.15) is 0 Å². The molecule has 4 rings (SSSR count). The quantitative estimate of drug-likeness (QED) is 0.508. The summed E-state index contributed by atoms with van der Waals surface area (Å²) >= 11 is 0. The van der Waals surface area contributed by atoms with Crippen LogP contribution in [0.25, 0.3) is 22.4 Å². The van der Waals surface area contributed by atoms with Crippen LogP contribution in [0.3, 0.4) is 0 Å². The van der Waals surface area contributed by atoms with Crippen molar-refractivity contribution in [1.82, 2.24) is 30.2 Å². The number of hydrogen-bond acceptors (Lipinski definition) is 5. The maximum Gasteiger partial charge on any atom is 0.327 e. The SMILES string of the molecule is Cc1cc(-c2nnn(CC(=O)O)n2)cc(C)c1Cc1ccc2[nH]cc(C(C)C)c2n1. The lowest BCUT2D eigenvalue weighted by Crippen LogP contribution is -2.11. The summed E-state index contributed by atoms with van der Waals surface area (Å²) in [6, 6.07) is 8.18. The smallest absolute Gasteiger partial charge is 0.327 e. The Morgan fingerprint density at radius 3 is 2.60 bits per heavy atom. The Morgan fingerprint density at radius 1 is 1.20 bits per heavy atom. The molecule has 0 saturated heterocycles. The van der Waals surface area contributed by atoms with Crippen LogP contribution in [0.4, 0.5) is 0 Å². The van der Waals surface area contributed by atoms with E-state index in [-0.39, 0.29) is 6.54 Å². The summed E-state index contributed by atoms with van der Waals surface area (Å²) in [4.78, 5) is 20.1. The van der Waals surface area contributed by atoms with E-state index in [4.69, 9.17) is 10.1 Å². The predicted molar refractivity (Wildman–Crippen MR) is 113 cm³/mol. The number of aromatic nitrogens is 6. The van der Waals surface area contributed by atoms with E-state index in [0.717, 1.165) is 44.6 Å². The van der Waals surface area contributed by atoms with E-state index < -0.39 is 5.97 Å². The third-order valence-corrected chi connectivity index (χ3v) is 5.27. The molecule has 1 aromatic carbocycles. The molecule has 0 atom stereocenters. The molecule has 0 aliphatic rings. The van der Waals surface area contributed by atoms with E-state index in [1.165, 1.54) is 11.1 Å². The normalized spacial score (nSPS) is 11.5. The van der Waals surface area contributed by atoms with E-state index in [0.29, 0.717) is 11.7 Å². The second-order valence-corrected chi connectivity index (χ2v) is 7.90. The minimum Gasteiger partial charge on any atom is -0.480 e. The number of carbonyl (C=O) groups is 1.